The number of amides is 1. The van der Waals surface area contributed by atoms with Crippen LogP contribution in [0.5, 0.6) is 0 Å². The van der Waals surface area contributed by atoms with Crippen LogP contribution in [-0.2, 0) is 12.8 Å². The summed E-state index contributed by atoms with van der Waals surface area (Å²) in [5.41, 5.74) is 8.48. The topological polar surface area (TPSA) is 63.3 Å². The molecule has 3 N–H and O–H groups in total. The van der Waals surface area contributed by atoms with Crippen LogP contribution in [0.3, 0.4) is 0 Å². The molecular formula is C28H27NO2. The van der Waals surface area contributed by atoms with Gasteiger partial charge in [-0.05, 0) is 51.9 Å². The van der Waals surface area contributed by atoms with Crippen LogP contribution < -0.4 is 5.73 Å². The van der Waals surface area contributed by atoms with E-state index in [9.17, 15) is 9.90 Å². The Kier molecular flexibility index (Phi) is 6.44. The molecule has 4 rings (SSSR count). The Bertz CT molecular complexity index is 1240. The molecule has 0 heterocycles. The van der Waals surface area contributed by atoms with Gasteiger partial charge < -0.3 is 10.8 Å². The monoisotopic (exact) mass is 409 g/mol. The number of aliphatic hydroxyl groups is 1. The van der Waals surface area contributed by atoms with Crippen LogP contribution in [0.25, 0.3) is 21.5 Å². The van der Waals surface area contributed by atoms with Gasteiger partial charge in [0.15, 0.2) is 0 Å². The van der Waals surface area contributed by atoms with Gasteiger partial charge in [0.05, 0.1) is 5.56 Å². The van der Waals surface area contributed by atoms with Crippen LogP contribution in [0.4, 0.5) is 0 Å². The fraction of sp³-hybridized carbons (Fsp3) is 0.179. The summed E-state index contributed by atoms with van der Waals surface area (Å²) in [6.07, 6.45) is 6.49. The van der Waals surface area contributed by atoms with Crippen LogP contribution in [-0.4, -0.2) is 17.6 Å². The van der Waals surface area contributed by atoms with Crippen LogP contribution in [0, 0.1) is 5.92 Å². The summed E-state index contributed by atoms with van der Waals surface area (Å²) in [4.78, 5) is 12.1. The molecule has 4 aromatic carbocycles. The zero-order valence-corrected chi connectivity index (χ0v) is 17.5. The molecule has 156 valence electrons. The minimum atomic E-state index is -0.389. The van der Waals surface area contributed by atoms with Crippen molar-refractivity contribution in [2.45, 2.75) is 19.3 Å². The highest BCUT2D eigenvalue weighted by Gasteiger charge is 2.12. The number of primary amides is 1. The lowest BCUT2D eigenvalue weighted by molar-refractivity contribution is 0.100. The summed E-state index contributed by atoms with van der Waals surface area (Å²) in [7, 11) is 0. The number of carbonyl (C=O) groups excluding carboxylic acids is 1. The second kappa shape index (κ2) is 9.59. The summed E-state index contributed by atoms with van der Waals surface area (Å²) >= 11 is 0. The second-order valence-electron chi connectivity index (χ2n) is 7.98. The first kappa shape index (κ1) is 20.8. The van der Waals surface area contributed by atoms with Crippen molar-refractivity contribution in [2.24, 2.45) is 11.7 Å². The molecule has 1 amide bonds. The Morgan fingerprint density at radius 1 is 0.903 bits per heavy atom. The number of aryl methyl sites for hydroxylation is 1. The smallest absolute Gasteiger partial charge is 0.249 e. The maximum absolute atomic E-state index is 12.1. The third-order valence-corrected chi connectivity index (χ3v) is 5.80. The number of carbonyl (C=O) groups is 1. The molecular weight excluding hydrogens is 382 g/mol. The molecule has 0 saturated carbocycles. The van der Waals surface area contributed by atoms with Crippen molar-refractivity contribution in [2.75, 3.05) is 6.61 Å². The predicted molar refractivity (Wildman–Crippen MR) is 128 cm³/mol. The molecule has 0 saturated heterocycles. The Morgan fingerprint density at radius 3 is 2.39 bits per heavy atom. The number of benzene rings is 4. The Labute approximate surface area is 182 Å². The minimum absolute atomic E-state index is 0.0633. The highest BCUT2D eigenvalue weighted by Crippen LogP contribution is 2.24. The summed E-state index contributed by atoms with van der Waals surface area (Å²) in [6.45, 7) is 0.103. The third-order valence-electron chi connectivity index (χ3n) is 5.80. The van der Waals surface area contributed by atoms with Gasteiger partial charge in [0, 0.05) is 12.5 Å². The fourth-order valence-corrected chi connectivity index (χ4v) is 4.21. The van der Waals surface area contributed by atoms with E-state index in [2.05, 4.69) is 42.5 Å². The van der Waals surface area contributed by atoms with E-state index >= 15 is 0 Å². The van der Waals surface area contributed by atoms with E-state index in [0.29, 0.717) is 5.56 Å². The molecule has 0 spiro atoms. The lowest BCUT2D eigenvalue weighted by atomic mass is 9.94. The first-order valence-corrected chi connectivity index (χ1v) is 10.7. The Hall–Kier alpha value is -3.43. The number of fused-ring (bicyclic) bond motifs is 2. The SMILES string of the molecule is NC(=O)c1c(CC/C=C/C(CO)Cc2ccc3ccccc3c2)ccc2ccccc12. The number of hydrogen-bond acceptors (Lipinski definition) is 2. The van der Waals surface area contributed by atoms with Crippen molar-refractivity contribution in [1.29, 1.82) is 0 Å². The minimum Gasteiger partial charge on any atom is -0.396 e. The number of aliphatic hydroxyl groups excluding tert-OH is 1. The maximum atomic E-state index is 12.1. The van der Waals surface area contributed by atoms with E-state index in [-0.39, 0.29) is 18.4 Å². The predicted octanol–water partition coefficient (Wildman–Crippen LogP) is 5.43. The van der Waals surface area contributed by atoms with Crippen LogP contribution >= 0.6 is 0 Å². The summed E-state index contributed by atoms with van der Waals surface area (Å²) < 4.78 is 0. The van der Waals surface area contributed by atoms with Crippen molar-refractivity contribution in [1.82, 2.24) is 0 Å². The summed E-state index contributed by atoms with van der Waals surface area (Å²) in [6, 6.07) is 26.6. The molecule has 31 heavy (non-hydrogen) atoms. The van der Waals surface area contributed by atoms with Gasteiger partial charge in [0.2, 0.25) is 5.91 Å². The number of allylic oxidation sites excluding steroid dienone is 1. The second-order valence-corrected chi connectivity index (χ2v) is 7.98. The molecule has 0 aliphatic carbocycles. The zero-order valence-electron chi connectivity index (χ0n) is 17.5. The first-order chi connectivity index (χ1) is 15.2. The fourth-order valence-electron chi connectivity index (χ4n) is 4.21. The lowest BCUT2D eigenvalue weighted by Gasteiger charge is -2.11. The molecule has 3 nitrogen and oxygen atoms in total. The molecule has 0 radical (unpaired) electrons. The molecule has 0 aliphatic rings. The molecule has 0 aliphatic heterocycles. The zero-order chi connectivity index (χ0) is 21.6. The highest BCUT2D eigenvalue weighted by molar-refractivity contribution is 6.07. The van der Waals surface area contributed by atoms with E-state index in [1.165, 1.54) is 16.3 Å². The molecule has 1 unspecified atom stereocenters. The van der Waals surface area contributed by atoms with Crippen molar-refractivity contribution in [3.8, 4) is 0 Å². The van der Waals surface area contributed by atoms with Crippen LogP contribution in [0.1, 0.15) is 27.9 Å². The van der Waals surface area contributed by atoms with Gasteiger partial charge in [-0.2, -0.15) is 0 Å². The average molecular weight is 410 g/mol. The van der Waals surface area contributed by atoms with Gasteiger partial charge in [-0.1, -0.05) is 91.0 Å². The van der Waals surface area contributed by atoms with Gasteiger partial charge in [0.25, 0.3) is 0 Å². The maximum Gasteiger partial charge on any atom is 0.249 e. The molecule has 1 atom stereocenters. The Balaban J connectivity index is 1.43. The van der Waals surface area contributed by atoms with E-state index in [1.807, 2.05) is 48.5 Å². The van der Waals surface area contributed by atoms with Crippen molar-refractivity contribution in [3.63, 3.8) is 0 Å². The number of hydrogen-bond donors (Lipinski definition) is 2. The van der Waals surface area contributed by atoms with Gasteiger partial charge >= 0.3 is 0 Å². The van der Waals surface area contributed by atoms with Gasteiger partial charge in [-0.25, -0.2) is 0 Å². The molecule has 3 heteroatoms. The standard InChI is InChI=1S/C28H27NO2/c29-28(31)27-24(16-15-23-9-5-6-12-26(23)27)10-2-1-7-21(19-30)17-20-13-14-22-8-3-4-11-25(22)18-20/h1,3-9,11-16,18,21,30H,2,10,17,19H2,(H2,29,31)/b7-1+. The first-order valence-electron chi connectivity index (χ1n) is 10.7. The molecule has 0 fully saturated rings. The third kappa shape index (κ3) is 4.84. The van der Waals surface area contributed by atoms with Gasteiger partial charge in [-0.3, -0.25) is 4.79 Å². The van der Waals surface area contributed by atoms with Gasteiger partial charge in [0.1, 0.15) is 0 Å². The Morgan fingerprint density at radius 2 is 1.61 bits per heavy atom. The van der Waals surface area contributed by atoms with E-state index < -0.39 is 0 Å². The quantitative estimate of drug-likeness (QED) is 0.381. The molecule has 0 bridgehead atoms. The summed E-state index contributed by atoms with van der Waals surface area (Å²) in [5.74, 6) is -0.325. The summed E-state index contributed by atoms with van der Waals surface area (Å²) in [5, 5.41) is 14.2. The molecule has 4 aromatic rings. The van der Waals surface area contributed by atoms with E-state index in [1.54, 1.807) is 0 Å². The van der Waals surface area contributed by atoms with Crippen molar-refractivity contribution in [3.05, 3.63) is 108 Å². The number of rotatable bonds is 8. The van der Waals surface area contributed by atoms with E-state index in [4.69, 9.17) is 5.73 Å². The van der Waals surface area contributed by atoms with Crippen molar-refractivity contribution < 1.29 is 9.90 Å². The van der Waals surface area contributed by atoms with Crippen LogP contribution in [0.15, 0.2) is 91.0 Å². The van der Waals surface area contributed by atoms with Gasteiger partial charge in [-0.15, -0.1) is 0 Å². The number of nitrogens with two attached hydrogens (primary N) is 1. The van der Waals surface area contributed by atoms with E-state index in [0.717, 1.165) is 35.6 Å². The highest BCUT2D eigenvalue weighted by atomic mass is 16.3. The lowest BCUT2D eigenvalue weighted by Crippen LogP contribution is -2.14. The van der Waals surface area contributed by atoms with Crippen LogP contribution in [0.2, 0.25) is 0 Å². The molecule has 0 aromatic heterocycles. The largest absolute Gasteiger partial charge is 0.396 e. The average Bonchev–Trinajstić information content (AvgIpc) is 2.80. The van der Waals surface area contributed by atoms with Crippen molar-refractivity contribution >= 4 is 27.5 Å². The normalized spacial score (nSPS) is 12.5.